The highest BCUT2D eigenvalue weighted by atomic mass is 16.7. The molecule has 0 aliphatic heterocycles. The van der Waals surface area contributed by atoms with Gasteiger partial charge in [-0.15, -0.1) is 0 Å². The van der Waals surface area contributed by atoms with E-state index in [0.29, 0.717) is 11.5 Å². The average Bonchev–Trinajstić information content (AvgIpc) is 2.00. The molecule has 0 radical (unpaired) electrons. The molecule has 14 heavy (non-hydrogen) atoms. The molecule has 0 aromatic rings. The second-order valence-electron chi connectivity index (χ2n) is 4.42. The van der Waals surface area contributed by atoms with E-state index in [4.69, 9.17) is 15.2 Å². The average molecular weight is 199 g/mol. The van der Waals surface area contributed by atoms with Crippen LogP contribution in [0, 0.1) is 5.41 Å². The van der Waals surface area contributed by atoms with Crippen molar-refractivity contribution < 1.29 is 9.47 Å². The van der Waals surface area contributed by atoms with Gasteiger partial charge in [0.15, 0.2) is 0 Å². The summed E-state index contributed by atoms with van der Waals surface area (Å²) < 4.78 is 10.3. The summed E-state index contributed by atoms with van der Waals surface area (Å²) in [6, 6.07) is -0.198. The van der Waals surface area contributed by atoms with Gasteiger partial charge in [0.2, 0.25) is 6.79 Å². The molecule has 0 saturated heterocycles. The summed E-state index contributed by atoms with van der Waals surface area (Å²) in [6.45, 7) is 15.3. The molecule has 2 N–H and O–H groups in total. The first-order valence-corrected chi connectivity index (χ1v) is 4.60. The Morgan fingerprint density at radius 2 is 1.79 bits per heavy atom. The number of nitrogens with two attached hydrogens (primary N) is 1. The van der Waals surface area contributed by atoms with Crippen LogP contribution in [0.2, 0.25) is 0 Å². The largest absolute Gasteiger partial charge is 0.463 e. The van der Waals surface area contributed by atoms with Gasteiger partial charge in [0.1, 0.15) is 5.76 Å². The van der Waals surface area contributed by atoms with Gasteiger partial charge < -0.3 is 15.2 Å². The van der Waals surface area contributed by atoms with E-state index < -0.39 is 0 Å². The van der Waals surface area contributed by atoms with Crippen LogP contribution in [-0.2, 0) is 9.47 Å². The van der Waals surface area contributed by atoms with Crippen molar-refractivity contribution in [2.24, 2.45) is 11.1 Å². The van der Waals surface area contributed by atoms with Crippen molar-refractivity contribution in [3.05, 3.63) is 24.7 Å². The lowest BCUT2D eigenvalue weighted by Crippen LogP contribution is -2.37. The Hall–Kier alpha value is -0.960. The third-order valence-electron chi connectivity index (χ3n) is 1.83. The number of hydrogen-bond acceptors (Lipinski definition) is 3. The van der Waals surface area contributed by atoms with Gasteiger partial charge in [-0.3, -0.25) is 0 Å². The molecule has 82 valence electrons. The molecular formula is C11H21NO2. The van der Waals surface area contributed by atoms with E-state index in [2.05, 4.69) is 13.2 Å². The summed E-state index contributed by atoms with van der Waals surface area (Å²) in [5.41, 5.74) is 5.85. The summed E-state index contributed by atoms with van der Waals surface area (Å²) in [6.07, 6.45) is 0. The van der Waals surface area contributed by atoms with Gasteiger partial charge in [-0.25, -0.2) is 0 Å². The Morgan fingerprint density at radius 3 is 2.14 bits per heavy atom. The Morgan fingerprint density at radius 1 is 1.29 bits per heavy atom. The van der Waals surface area contributed by atoms with Gasteiger partial charge in [0.25, 0.3) is 0 Å². The van der Waals surface area contributed by atoms with Crippen molar-refractivity contribution >= 4 is 0 Å². The highest BCUT2D eigenvalue weighted by Gasteiger charge is 2.24. The van der Waals surface area contributed by atoms with E-state index in [9.17, 15) is 0 Å². The minimum absolute atomic E-state index is 0.0553. The fourth-order valence-corrected chi connectivity index (χ4v) is 0.778. The molecular weight excluding hydrogens is 178 g/mol. The fraction of sp³-hybridized carbons (Fsp3) is 0.636. The first kappa shape index (κ1) is 13.0. The maximum atomic E-state index is 5.91. The van der Waals surface area contributed by atoms with Crippen LogP contribution in [0.4, 0.5) is 0 Å². The minimum atomic E-state index is -0.198. The van der Waals surface area contributed by atoms with Crippen molar-refractivity contribution in [3.8, 4) is 0 Å². The SMILES string of the molecule is C=C(C)OCOC(=C)C(N)C(C)(C)C. The Labute approximate surface area is 86.6 Å². The molecule has 0 fully saturated rings. The molecule has 0 aromatic carbocycles. The van der Waals surface area contributed by atoms with Crippen molar-refractivity contribution in [2.75, 3.05) is 6.79 Å². The van der Waals surface area contributed by atoms with Crippen molar-refractivity contribution in [3.63, 3.8) is 0 Å². The van der Waals surface area contributed by atoms with Crippen LogP contribution in [0.15, 0.2) is 24.7 Å². The van der Waals surface area contributed by atoms with E-state index >= 15 is 0 Å². The van der Waals surface area contributed by atoms with Crippen molar-refractivity contribution in [1.82, 2.24) is 0 Å². The molecule has 1 atom stereocenters. The summed E-state index contributed by atoms with van der Waals surface area (Å²) in [5, 5.41) is 0. The highest BCUT2D eigenvalue weighted by molar-refractivity contribution is 5.00. The second kappa shape index (κ2) is 5.05. The van der Waals surface area contributed by atoms with E-state index in [1.54, 1.807) is 6.92 Å². The van der Waals surface area contributed by atoms with Crippen LogP contribution in [0.5, 0.6) is 0 Å². The van der Waals surface area contributed by atoms with Crippen LogP contribution >= 0.6 is 0 Å². The minimum Gasteiger partial charge on any atom is -0.463 e. The zero-order valence-corrected chi connectivity index (χ0v) is 9.59. The molecule has 0 aliphatic carbocycles. The smallest absolute Gasteiger partial charge is 0.229 e. The molecule has 0 heterocycles. The predicted molar refractivity (Wildman–Crippen MR) is 58.4 cm³/mol. The van der Waals surface area contributed by atoms with Crippen LogP contribution in [-0.4, -0.2) is 12.8 Å². The van der Waals surface area contributed by atoms with E-state index in [0.717, 1.165) is 0 Å². The number of ether oxygens (including phenoxy) is 2. The van der Waals surface area contributed by atoms with Gasteiger partial charge in [-0.05, 0) is 12.3 Å². The zero-order chi connectivity index (χ0) is 11.4. The van der Waals surface area contributed by atoms with Crippen LogP contribution in [0.1, 0.15) is 27.7 Å². The third kappa shape index (κ3) is 4.92. The molecule has 0 aromatic heterocycles. The lowest BCUT2D eigenvalue weighted by atomic mass is 9.86. The molecule has 0 rings (SSSR count). The molecule has 0 aliphatic rings. The summed E-state index contributed by atoms with van der Waals surface area (Å²) in [7, 11) is 0. The fourth-order valence-electron chi connectivity index (χ4n) is 0.778. The van der Waals surface area contributed by atoms with Crippen LogP contribution in [0.25, 0.3) is 0 Å². The molecule has 0 spiro atoms. The maximum absolute atomic E-state index is 5.91. The predicted octanol–water partition coefficient (Wildman–Crippen LogP) is 2.40. The first-order valence-electron chi connectivity index (χ1n) is 4.60. The normalized spacial score (nSPS) is 13.2. The topological polar surface area (TPSA) is 44.5 Å². The molecule has 1 unspecified atom stereocenters. The third-order valence-corrected chi connectivity index (χ3v) is 1.83. The first-order chi connectivity index (χ1) is 6.25. The molecule has 3 heteroatoms. The number of rotatable bonds is 5. The monoisotopic (exact) mass is 199 g/mol. The molecule has 0 saturated carbocycles. The van der Waals surface area contributed by atoms with Crippen molar-refractivity contribution in [2.45, 2.75) is 33.7 Å². The lowest BCUT2D eigenvalue weighted by Gasteiger charge is -2.28. The Bertz CT molecular complexity index is 216. The van der Waals surface area contributed by atoms with E-state index in [1.807, 2.05) is 20.8 Å². The van der Waals surface area contributed by atoms with E-state index in [-0.39, 0.29) is 18.2 Å². The standard InChI is InChI=1S/C11H21NO2/c1-8(2)13-7-14-9(3)10(12)11(4,5)6/h10H,1,3,7,12H2,2,4-6H3. The Kier molecular flexibility index (Phi) is 4.71. The number of hydrogen-bond donors (Lipinski definition) is 1. The quantitative estimate of drug-likeness (QED) is 0.546. The van der Waals surface area contributed by atoms with Gasteiger partial charge in [0.05, 0.1) is 11.8 Å². The summed E-state index contributed by atoms with van der Waals surface area (Å²) in [5.74, 6) is 1.15. The van der Waals surface area contributed by atoms with Crippen LogP contribution < -0.4 is 5.73 Å². The van der Waals surface area contributed by atoms with Gasteiger partial charge >= 0.3 is 0 Å². The van der Waals surface area contributed by atoms with Gasteiger partial charge in [0, 0.05) is 0 Å². The maximum Gasteiger partial charge on any atom is 0.229 e. The van der Waals surface area contributed by atoms with Gasteiger partial charge in [-0.2, -0.15) is 0 Å². The molecule has 3 nitrogen and oxygen atoms in total. The molecule has 0 amide bonds. The van der Waals surface area contributed by atoms with Gasteiger partial charge in [-0.1, -0.05) is 33.9 Å². The second-order valence-corrected chi connectivity index (χ2v) is 4.42. The zero-order valence-electron chi connectivity index (χ0n) is 9.59. The van der Waals surface area contributed by atoms with Crippen LogP contribution in [0.3, 0.4) is 0 Å². The number of allylic oxidation sites excluding steroid dienone is 1. The lowest BCUT2D eigenvalue weighted by molar-refractivity contribution is 0.00393. The Balaban J connectivity index is 3.91. The van der Waals surface area contributed by atoms with E-state index in [1.165, 1.54) is 0 Å². The summed E-state index contributed by atoms with van der Waals surface area (Å²) >= 11 is 0. The van der Waals surface area contributed by atoms with Crippen molar-refractivity contribution in [1.29, 1.82) is 0 Å². The summed E-state index contributed by atoms with van der Waals surface area (Å²) in [4.78, 5) is 0. The molecule has 0 bridgehead atoms. The highest BCUT2D eigenvalue weighted by Crippen LogP contribution is 2.22.